The summed E-state index contributed by atoms with van der Waals surface area (Å²) in [7, 11) is 0. The first-order chi connectivity index (χ1) is 9.54. The molecule has 0 spiro atoms. The minimum absolute atomic E-state index is 0.0885. The Morgan fingerprint density at radius 3 is 2.70 bits per heavy atom. The molecule has 1 amide bonds. The van der Waals surface area contributed by atoms with Gasteiger partial charge >= 0.3 is 0 Å². The number of benzene rings is 1. The van der Waals surface area contributed by atoms with Gasteiger partial charge < -0.3 is 15.5 Å². The number of carbonyl (C=O) groups is 1. The first kappa shape index (κ1) is 14.9. The van der Waals surface area contributed by atoms with Crippen LogP contribution in [0.2, 0.25) is 0 Å². The van der Waals surface area contributed by atoms with Crippen LogP contribution in [-0.4, -0.2) is 28.3 Å². The molecule has 1 aliphatic rings. The molecule has 20 heavy (non-hydrogen) atoms. The van der Waals surface area contributed by atoms with Crippen LogP contribution in [0.5, 0.6) is 0 Å². The lowest BCUT2D eigenvalue weighted by Crippen LogP contribution is -2.49. The zero-order valence-electron chi connectivity index (χ0n) is 11.3. The molecule has 0 bridgehead atoms. The van der Waals surface area contributed by atoms with Crippen molar-refractivity contribution in [3.05, 3.63) is 35.6 Å². The van der Waals surface area contributed by atoms with E-state index in [4.69, 9.17) is 0 Å². The first-order valence-electron chi connectivity index (χ1n) is 6.90. The summed E-state index contributed by atoms with van der Waals surface area (Å²) in [6.45, 7) is -0.0885. The SMILES string of the molecule is O=C(CC(O)c1cccc(F)c1)NC1(CO)CCCC1. The van der Waals surface area contributed by atoms with E-state index in [1.165, 1.54) is 18.2 Å². The van der Waals surface area contributed by atoms with Crippen LogP contribution in [0.3, 0.4) is 0 Å². The highest BCUT2D eigenvalue weighted by atomic mass is 19.1. The van der Waals surface area contributed by atoms with E-state index in [1.807, 2.05) is 0 Å². The molecular weight excluding hydrogens is 261 g/mol. The summed E-state index contributed by atoms with van der Waals surface area (Å²) in [5.74, 6) is -0.762. The maximum Gasteiger partial charge on any atom is 0.223 e. The average molecular weight is 281 g/mol. The minimum Gasteiger partial charge on any atom is -0.394 e. The highest BCUT2D eigenvalue weighted by Crippen LogP contribution is 2.29. The minimum atomic E-state index is -1.04. The summed E-state index contributed by atoms with van der Waals surface area (Å²) in [5.41, 5.74) is -0.164. The van der Waals surface area contributed by atoms with Crippen molar-refractivity contribution in [1.29, 1.82) is 0 Å². The van der Waals surface area contributed by atoms with Crippen molar-refractivity contribution in [1.82, 2.24) is 5.32 Å². The molecule has 0 heterocycles. The molecule has 0 aliphatic heterocycles. The van der Waals surface area contributed by atoms with Gasteiger partial charge in [0.15, 0.2) is 0 Å². The number of halogens is 1. The summed E-state index contributed by atoms with van der Waals surface area (Å²) in [4.78, 5) is 12.0. The fourth-order valence-electron chi connectivity index (χ4n) is 2.73. The van der Waals surface area contributed by atoms with Gasteiger partial charge in [-0.15, -0.1) is 0 Å². The number of carbonyl (C=O) groups excluding carboxylic acids is 1. The Balaban J connectivity index is 1.94. The molecule has 2 rings (SSSR count). The van der Waals surface area contributed by atoms with E-state index < -0.39 is 17.5 Å². The molecule has 0 aromatic heterocycles. The fourth-order valence-corrected chi connectivity index (χ4v) is 2.73. The monoisotopic (exact) mass is 281 g/mol. The maximum atomic E-state index is 13.1. The van der Waals surface area contributed by atoms with Crippen molar-refractivity contribution in [2.24, 2.45) is 0 Å². The zero-order chi connectivity index (χ0) is 14.6. The van der Waals surface area contributed by atoms with Crippen molar-refractivity contribution >= 4 is 5.91 Å². The van der Waals surface area contributed by atoms with Crippen molar-refractivity contribution in [3.8, 4) is 0 Å². The highest BCUT2D eigenvalue weighted by molar-refractivity contribution is 5.77. The van der Waals surface area contributed by atoms with Gasteiger partial charge in [0.2, 0.25) is 5.91 Å². The lowest BCUT2D eigenvalue weighted by atomic mass is 9.98. The quantitative estimate of drug-likeness (QED) is 0.769. The predicted molar refractivity (Wildman–Crippen MR) is 72.4 cm³/mol. The van der Waals surface area contributed by atoms with Crippen LogP contribution in [0.25, 0.3) is 0 Å². The molecule has 5 heteroatoms. The predicted octanol–water partition coefficient (Wildman–Crippen LogP) is 1.67. The molecule has 1 atom stereocenters. The van der Waals surface area contributed by atoms with Gasteiger partial charge in [0.05, 0.1) is 24.7 Å². The van der Waals surface area contributed by atoms with Gasteiger partial charge in [-0.25, -0.2) is 4.39 Å². The maximum absolute atomic E-state index is 13.1. The van der Waals surface area contributed by atoms with Crippen LogP contribution in [-0.2, 0) is 4.79 Å². The standard InChI is InChI=1S/C15H20FNO3/c16-12-5-3-4-11(8-12)13(19)9-14(20)17-15(10-18)6-1-2-7-15/h3-5,8,13,18-19H,1-2,6-7,9-10H2,(H,17,20). The van der Waals surface area contributed by atoms with Crippen molar-refractivity contribution in [3.63, 3.8) is 0 Å². The van der Waals surface area contributed by atoms with Crippen LogP contribution in [0.4, 0.5) is 4.39 Å². The number of amides is 1. The molecule has 1 aromatic carbocycles. The van der Waals surface area contributed by atoms with Gasteiger partial charge in [0.1, 0.15) is 5.82 Å². The molecule has 1 fully saturated rings. The summed E-state index contributed by atoms with van der Waals surface area (Å²) in [6.07, 6.45) is 2.30. The van der Waals surface area contributed by atoms with Crippen molar-refractivity contribution in [2.45, 2.75) is 43.7 Å². The molecule has 4 nitrogen and oxygen atoms in total. The number of hydrogen-bond acceptors (Lipinski definition) is 3. The van der Waals surface area contributed by atoms with Gasteiger partial charge in [0, 0.05) is 0 Å². The zero-order valence-corrected chi connectivity index (χ0v) is 11.3. The van der Waals surface area contributed by atoms with Gasteiger partial charge in [0.25, 0.3) is 0 Å². The normalized spacial score (nSPS) is 18.8. The van der Waals surface area contributed by atoms with E-state index in [0.717, 1.165) is 25.7 Å². The Morgan fingerprint density at radius 2 is 2.10 bits per heavy atom. The van der Waals surface area contributed by atoms with Gasteiger partial charge in [-0.1, -0.05) is 25.0 Å². The number of hydrogen-bond donors (Lipinski definition) is 3. The second-order valence-corrected chi connectivity index (χ2v) is 5.47. The molecule has 110 valence electrons. The van der Waals surface area contributed by atoms with E-state index in [1.54, 1.807) is 6.07 Å². The van der Waals surface area contributed by atoms with E-state index in [-0.39, 0.29) is 18.9 Å². The molecule has 3 N–H and O–H groups in total. The number of rotatable bonds is 5. The molecular formula is C15H20FNO3. The third-order valence-electron chi connectivity index (χ3n) is 3.88. The first-order valence-corrected chi connectivity index (χ1v) is 6.90. The molecule has 0 saturated heterocycles. The van der Waals surface area contributed by atoms with Crippen LogP contribution in [0.15, 0.2) is 24.3 Å². The summed E-state index contributed by atoms with van der Waals surface area (Å²) < 4.78 is 13.1. The summed E-state index contributed by atoms with van der Waals surface area (Å²) in [5, 5.41) is 22.2. The molecule has 1 aromatic rings. The van der Waals surface area contributed by atoms with E-state index in [0.29, 0.717) is 5.56 Å². The average Bonchev–Trinajstić information content (AvgIpc) is 2.87. The Bertz CT molecular complexity index is 472. The summed E-state index contributed by atoms with van der Waals surface area (Å²) >= 11 is 0. The third kappa shape index (κ3) is 3.55. The second kappa shape index (κ2) is 6.33. The van der Waals surface area contributed by atoms with Crippen LogP contribution >= 0.6 is 0 Å². The lowest BCUT2D eigenvalue weighted by molar-refractivity contribution is -0.125. The largest absolute Gasteiger partial charge is 0.394 e. The van der Waals surface area contributed by atoms with E-state index in [2.05, 4.69) is 5.32 Å². The number of aliphatic hydroxyl groups is 2. The number of nitrogens with one attached hydrogen (secondary N) is 1. The molecule has 0 radical (unpaired) electrons. The molecule has 1 saturated carbocycles. The second-order valence-electron chi connectivity index (χ2n) is 5.47. The number of aliphatic hydroxyl groups excluding tert-OH is 2. The molecule has 1 aliphatic carbocycles. The Hall–Kier alpha value is -1.46. The summed E-state index contributed by atoms with van der Waals surface area (Å²) in [6, 6.07) is 5.58. The third-order valence-corrected chi connectivity index (χ3v) is 3.88. The smallest absolute Gasteiger partial charge is 0.223 e. The molecule has 1 unspecified atom stereocenters. The van der Waals surface area contributed by atoms with Crippen LogP contribution in [0.1, 0.15) is 43.8 Å². The van der Waals surface area contributed by atoms with Crippen LogP contribution < -0.4 is 5.32 Å². The Morgan fingerprint density at radius 1 is 1.40 bits per heavy atom. The van der Waals surface area contributed by atoms with Gasteiger partial charge in [-0.3, -0.25) is 4.79 Å². The van der Waals surface area contributed by atoms with E-state index in [9.17, 15) is 19.4 Å². The van der Waals surface area contributed by atoms with Crippen LogP contribution in [0, 0.1) is 5.82 Å². The highest BCUT2D eigenvalue weighted by Gasteiger charge is 2.34. The Kier molecular flexibility index (Phi) is 4.73. The van der Waals surface area contributed by atoms with Crippen molar-refractivity contribution in [2.75, 3.05) is 6.61 Å². The Labute approximate surface area is 117 Å². The van der Waals surface area contributed by atoms with E-state index >= 15 is 0 Å². The van der Waals surface area contributed by atoms with Gasteiger partial charge in [-0.05, 0) is 30.5 Å². The fraction of sp³-hybridized carbons (Fsp3) is 0.533. The van der Waals surface area contributed by atoms with Crippen molar-refractivity contribution < 1.29 is 19.4 Å². The topological polar surface area (TPSA) is 69.6 Å². The lowest BCUT2D eigenvalue weighted by Gasteiger charge is -2.28. The van der Waals surface area contributed by atoms with Gasteiger partial charge in [-0.2, -0.15) is 0 Å².